The quantitative estimate of drug-likeness (QED) is 0.917. The molecule has 7 nitrogen and oxygen atoms in total. The first-order valence-electron chi connectivity index (χ1n) is 7.79. The Labute approximate surface area is 140 Å². The highest BCUT2D eigenvalue weighted by Crippen LogP contribution is 2.18. The van der Waals surface area contributed by atoms with Gasteiger partial charge in [0.1, 0.15) is 17.4 Å². The van der Waals surface area contributed by atoms with Crippen LogP contribution in [0.25, 0.3) is 0 Å². The summed E-state index contributed by atoms with van der Waals surface area (Å²) < 4.78 is 10.4. The van der Waals surface area contributed by atoms with Crippen molar-refractivity contribution in [2.24, 2.45) is 0 Å². The number of Topliss-reactive ketones (excluding diaryl/α,β-unsaturated/α-hetero) is 1. The van der Waals surface area contributed by atoms with Crippen molar-refractivity contribution in [1.29, 1.82) is 0 Å². The predicted octanol–water partition coefficient (Wildman–Crippen LogP) is 2.35. The van der Waals surface area contributed by atoms with Gasteiger partial charge in [-0.3, -0.25) is 9.69 Å². The number of rotatable bonds is 3. The van der Waals surface area contributed by atoms with Crippen LogP contribution in [0.2, 0.25) is 0 Å². The molecule has 130 valence electrons. The number of ketones is 1. The molecule has 0 aliphatic carbocycles. The van der Waals surface area contributed by atoms with Crippen molar-refractivity contribution in [3.8, 4) is 5.75 Å². The van der Waals surface area contributed by atoms with Gasteiger partial charge in [0.15, 0.2) is 5.78 Å². The molecule has 1 atom stereocenters. The first-order valence-corrected chi connectivity index (χ1v) is 7.79. The monoisotopic (exact) mass is 334 g/mol. The van der Waals surface area contributed by atoms with Gasteiger partial charge < -0.3 is 14.8 Å². The van der Waals surface area contributed by atoms with Crippen molar-refractivity contribution in [2.75, 3.05) is 13.1 Å². The number of para-hydroxylation sites is 1. The van der Waals surface area contributed by atoms with Gasteiger partial charge in [0.2, 0.25) is 0 Å². The number of amides is 2. The number of ether oxygens (including phenoxy) is 2. The third-order valence-corrected chi connectivity index (χ3v) is 3.37. The molecule has 0 aromatic heterocycles. The van der Waals surface area contributed by atoms with Crippen molar-refractivity contribution in [1.82, 2.24) is 10.2 Å². The summed E-state index contributed by atoms with van der Waals surface area (Å²) in [4.78, 5) is 37.3. The summed E-state index contributed by atoms with van der Waals surface area (Å²) in [5.74, 6) is 0.289. The zero-order chi connectivity index (χ0) is 17.7. The van der Waals surface area contributed by atoms with Gasteiger partial charge in [0.25, 0.3) is 0 Å². The number of hydrogen-bond donors (Lipinski definition) is 1. The van der Waals surface area contributed by atoms with Crippen LogP contribution in [0, 0.1) is 0 Å². The molecule has 1 aliphatic heterocycles. The smallest absolute Gasteiger partial charge is 0.412 e. The van der Waals surface area contributed by atoms with Crippen LogP contribution in [0.3, 0.4) is 0 Å². The highest BCUT2D eigenvalue weighted by Gasteiger charge is 2.38. The maximum absolute atomic E-state index is 12.2. The molecular weight excluding hydrogens is 312 g/mol. The minimum absolute atomic E-state index is 0.0102. The van der Waals surface area contributed by atoms with Crippen molar-refractivity contribution in [3.05, 3.63) is 30.3 Å². The van der Waals surface area contributed by atoms with E-state index in [0.717, 1.165) is 0 Å². The van der Waals surface area contributed by atoms with Crippen LogP contribution in [0.1, 0.15) is 27.2 Å². The van der Waals surface area contributed by atoms with E-state index < -0.39 is 23.8 Å². The Bertz CT molecular complexity index is 609. The first-order chi connectivity index (χ1) is 11.3. The summed E-state index contributed by atoms with van der Waals surface area (Å²) in [5, 5.41) is 2.52. The highest BCUT2D eigenvalue weighted by molar-refractivity contribution is 5.91. The maximum atomic E-state index is 12.2. The molecule has 1 N–H and O–H groups in total. The Kier molecular flexibility index (Phi) is 5.43. The second-order valence-electron chi connectivity index (χ2n) is 6.49. The fraction of sp³-hybridized carbons (Fsp3) is 0.471. The zero-order valence-corrected chi connectivity index (χ0v) is 14.1. The van der Waals surface area contributed by atoms with Crippen molar-refractivity contribution in [3.63, 3.8) is 0 Å². The van der Waals surface area contributed by atoms with Gasteiger partial charge in [-0.2, -0.15) is 0 Å². The second kappa shape index (κ2) is 7.33. The summed E-state index contributed by atoms with van der Waals surface area (Å²) in [6.45, 7) is 5.55. The lowest BCUT2D eigenvalue weighted by Gasteiger charge is -2.27. The molecule has 1 aromatic rings. The fourth-order valence-corrected chi connectivity index (χ4v) is 2.30. The Balaban J connectivity index is 1.90. The normalized spacial score (nSPS) is 17.5. The molecule has 1 aromatic carbocycles. The lowest BCUT2D eigenvalue weighted by Crippen LogP contribution is -2.47. The molecule has 1 heterocycles. The summed E-state index contributed by atoms with van der Waals surface area (Å²) in [6.07, 6.45) is -0.985. The summed E-state index contributed by atoms with van der Waals surface area (Å²) in [5.41, 5.74) is -0.646. The number of carbonyl (C=O) groups excluding carboxylic acids is 3. The van der Waals surface area contributed by atoms with Gasteiger partial charge in [-0.1, -0.05) is 18.2 Å². The average Bonchev–Trinajstić information content (AvgIpc) is 2.85. The number of nitrogens with one attached hydrogen (secondary N) is 1. The van der Waals surface area contributed by atoms with Crippen LogP contribution in [0.4, 0.5) is 9.59 Å². The van der Waals surface area contributed by atoms with Crippen molar-refractivity contribution in [2.45, 2.75) is 38.8 Å². The molecule has 24 heavy (non-hydrogen) atoms. The number of nitrogens with zero attached hydrogens (tertiary/aromatic N) is 1. The number of benzene rings is 1. The van der Waals surface area contributed by atoms with Gasteiger partial charge >= 0.3 is 12.2 Å². The fourth-order valence-electron chi connectivity index (χ4n) is 2.30. The van der Waals surface area contributed by atoms with Crippen LogP contribution < -0.4 is 10.1 Å². The van der Waals surface area contributed by atoms with E-state index in [0.29, 0.717) is 5.75 Å². The molecule has 0 radical (unpaired) electrons. The number of likely N-dealkylation sites (tertiary alicyclic amines) is 1. The second-order valence-corrected chi connectivity index (χ2v) is 6.49. The van der Waals surface area contributed by atoms with E-state index in [4.69, 9.17) is 9.47 Å². The summed E-state index contributed by atoms with van der Waals surface area (Å²) in [6, 6.07) is 7.85. The molecular formula is C17H22N2O5. The zero-order valence-electron chi connectivity index (χ0n) is 14.1. The predicted molar refractivity (Wildman–Crippen MR) is 86.8 cm³/mol. The lowest BCUT2D eigenvalue weighted by molar-refractivity contribution is -0.119. The minimum Gasteiger partial charge on any atom is -0.444 e. The SMILES string of the molecule is CC(C)(C)OC(=O)N1CCC(=O)C1CNC(=O)Oc1ccccc1. The van der Waals surface area contributed by atoms with Crippen molar-refractivity contribution >= 4 is 18.0 Å². The molecule has 0 saturated carbocycles. The molecule has 1 unspecified atom stereocenters. The first kappa shape index (κ1) is 17.8. The Hall–Kier alpha value is -2.57. The lowest BCUT2D eigenvalue weighted by atomic mass is 10.2. The maximum Gasteiger partial charge on any atom is 0.412 e. The van der Waals surface area contributed by atoms with Crippen LogP contribution in [0.15, 0.2) is 30.3 Å². The van der Waals surface area contributed by atoms with Crippen LogP contribution >= 0.6 is 0 Å². The molecule has 1 saturated heterocycles. The van der Waals surface area contributed by atoms with Gasteiger partial charge in [0, 0.05) is 19.5 Å². The third-order valence-electron chi connectivity index (χ3n) is 3.37. The van der Waals surface area contributed by atoms with E-state index >= 15 is 0 Å². The Morgan fingerprint density at radius 3 is 2.54 bits per heavy atom. The van der Waals surface area contributed by atoms with Gasteiger partial charge in [-0.25, -0.2) is 9.59 Å². The average molecular weight is 334 g/mol. The number of hydrogen-bond acceptors (Lipinski definition) is 5. The van der Waals surface area contributed by atoms with Crippen LogP contribution in [-0.4, -0.2) is 47.6 Å². The molecule has 1 aliphatic rings. The summed E-state index contributed by atoms with van der Waals surface area (Å²) >= 11 is 0. The molecule has 1 fully saturated rings. The van der Waals surface area contributed by atoms with Crippen LogP contribution in [-0.2, 0) is 9.53 Å². The van der Waals surface area contributed by atoms with E-state index in [1.54, 1.807) is 51.1 Å². The molecule has 2 amide bonds. The van der Waals surface area contributed by atoms with Gasteiger partial charge in [-0.15, -0.1) is 0 Å². The largest absolute Gasteiger partial charge is 0.444 e. The van der Waals surface area contributed by atoms with E-state index in [1.807, 2.05) is 0 Å². The van der Waals surface area contributed by atoms with E-state index in [1.165, 1.54) is 4.90 Å². The van der Waals surface area contributed by atoms with Crippen LogP contribution in [0.5, 0.6) is 5.75 Å². The molecule has 0 spiro atoms. The summed E-state index contributed by atoms with van der Waals surface area (Å²) in [7, 11) is 0. The standard InChI is InChI=1S/C17H22N2O5/c1-17(2,3)24-16(22)19-10-9-14(20)13(19)11-18-15(21)23-12-7-5-4-6-8-12/h4-8,13H,9-11H2,1-3H3,(H,18,21). The molecule has 7 heteroatoms. The minimum atomic E-state index is -0.733. The Morgan fingerprint density at radius 1 is 1.25 bits per heavy atom. The highest BCUT2D eigenvalue weighted by atomic mass is 16.6. The van der Waals surface area contributed by atoms with Gasteiger partial charge in [0.05, 0.1) is 0 Å². The third kappa shape index (κ3) is 4.97. The van der Waals surface area contributed by atoms with Crippen molar-refractivity contribution < 1.29 is 23.9 Å². The van der Waals surface area contributed by atoms with Gasteiger partial charge in [-0.05, 0) is 32.9 Å². The van der Waals surface area contributed by atoms with E-state index in [-0.39, 0.29) is 25.3 Å². The van der Waals surface area contributed by atoms with E-state index in [9.17, 15) is 14.4 Å². The topological polar surface area (TPSA) is 84.9 Å². The van der Waals surface area contributed by atoms with E-state index in [2.05, 4.69) is 5.32 Å². The Morgan fingerprint density at radius 2 is 1.92 bits per heavy atom. The molecule has 2 rings (SSSR count). The number of carbonyl (C=O) groups is 3. The molecule has 0 bridgehead atoms.